The predicted octanol–water partition coefficient (Wildman–Crippen LogP) is -1.94. The summed E-state index contributed by atoms with van der Waals surface area (Å²) in [5.41, 5.74) is 2.05. The molecule has 0 radical (unpaired) electrons. The van der Waals surface area contributed by atoms with E-state index in [9.17, 15) is 14.4 Å². The first-order valence-corrected chi connectivity index (χ1v) is 3.65. The number of carbonyl (C=O) groups is 3. The van der Waals surface area contributed by atoms with E-state index in [1.165, 1.54) is 0 Å². The maximum Gasteiger partial charge on any atom is 0.348 e. The van der Waals surface area contributed by atoms with Crippen LogP contribution >= 0.6 is 0 Å². The summed E-state index contributed by atoms with van der Waals surface area (Å²) in [5, 5.41) is 0.472. The molecule has 3 N–H and O–H groups in total. The average molecular weight is 187 g/mol. The summed E-state index contributed by atoms with van der Waals surface area (Å²) in [6.45, 7) is -0.253. The summed E-state index contributed by atoms with van der Waals surface area (Å²) in [4.78, 5) is 37.0. The summed E-state index contributed by atoms with van der Waals surface area (Å²) in [6, 6.07) is 0. The fourth-order valence-corrected chi connectivity index (χ4v) is 0.875. The molecule has 1 aliphatic rings. The Bertz CT molecular complexity index is 236. The third-order valence-corrected chi connectivity index (χ3v) is 1.45. The van der Waals surface area contributed by atoms with Gasteiger partial charge in [0, 0.05) is 12.8 Å². The molecular weight excluding hydrogens is 178 g/mol. The highest BCUT2D eigenvalue weighted by molar-refractivity contribution is 6.01. The molecule has 2 amide bonds. The zero-order chi connectivity index (χ0) is 9.84. The van der Waals surface area contributed by atoms with Crippen molar-refractivity contribution in [1.29, 1.82) is 0 Å². The van der Waals surface area contributed by atoms with E-state index in [0.717, 1.165) is 0 Å². The van der Waals surface area contributed by atoms with Gasteiger partial charge in [0.05, 0.1) is 0 Å². The van der Waals surface area contributed by atoms with Gasteiger partial charge in [-0.1, -0.05) is 0 Å². The Kier molecular flexibility index (Phi) is 2.93. The van der Waals surface area contributed by atoms with E-state index in [1.54, 1.807) is 0 Å². The lowest BCUT2D eigenvalue weighted by molar-refractivity contribution is -0.196. The van der Waals surface area contributed by atoms with E-state index >= 15 is 0 Å². The molecule has 7 heteroatoms. The van der Waals surface area contributed by atoms with Gasteiger partial charge in [0.25, 0.3) is 11.8 Å². The number of hydrogen-bond acceptors (Lipinski definition) is 6. The molecule has 1 rings (SSSR count). The maximum atomic E-state index is 10.9. The molecular formula is C6H9N3O4. The molecule has 7 nitrogen and oxygen atoms in total. The first-order chi connectivity index (χ1) is 6.15. The van der Waals surface area contributed by atoms with Crippen molar-refractivity contribution < 1.29 is 19.2 Å². The van der Waals surface area contributed by atoms with Gasteiger partial charge in [0.2, 0.25) is 0 Å². The smallest absolute Gasteiger partial charge is 0.329 e. The van der Waals surface area contributed by atoms with E-state index in [-0.39, 0.29) is 19.4 Å². The summed E-state index contributed by atoms with van der Waals surface area (Å²) >= 11 is 0. The Morgan fingerprint density at radius 3 is 2.46 bits per heavy atom. The second kappa shape index (κ2) is 3.97. The van der Waals surface area contributed by atoms with Crippen LogP contribution in [0.2, 0.25) is 0 Å². The van der Waals surface area contributed by atoms with Crippen LogP contribution in [-0.2, 0) is 19.2 Å². The number of hydrogen-bond donors (Lipinski definition) is 2. The van der Waals surface area contributed by atoms with E-state index in [0.29, 0.717) is 5.06 Å². The number of hydrazine groups is 1. The molecule has 0 aromatic heterocycles. The Hall–Kier alpha value is -1.47. The minimum Gasteiger partial charge on any atom is -0.329 e. The number of amides is 2. The topological polar surface area (TPSA) is 102 Å². The Morgan fingerprint density at radius 2 is 2.00 bits per heavy atom. The van der Waals surface area contributed by atoms with Crippen molar-refractivity contribution in [3.8, 4) is 0 Å². The molecule has 1 fully saturated rings. The molecule has 0 bridgehead atoms. The minimum absolute atomic E-state index is 0.0855. The number of nitrogens with one attached hydrogen (secondary N) is 1. The fourth-order valence-electron chi connectivity index (χ4n) is 0.875. The van der Waals surface area contributed by atoms with Crippen LogP contribution in [0.25, 0.3) is 0 Å². The third-order valence-electron chi connectivity index (χ3n) is 1.45. The Morgan fingerprint density at radius 1 is 1.46 bits per heavy atom. The highest BCUT2D eigenvalue weighted by atomic mass is 16.7. The number of hydroxylamine groups is 2. The van der Waals surface area contributed by atoms with Crippen LogP contribution < -0.4 is 11.3 Å². The molecule has 0 spiro atoms. The lowest BCUT2D eigenvalue weighted by Gasteiger charge is -2.11. The van der Waals surface area contributed by atoms with Crippen LogP contribution in [0.1, 0.15) is 12.8 Å². The fraction of sp³-hybridized carbons (Fsp3) is 0.500. The third kappa shape index (κ3) is 2.23. The number of imide groups is 1. The lowest BCUT2D eigenvalue weighted by Crippen LogP contribution is -2.37. The van der Waals surface area contributed by atoms with Gasteiger partial charge in [-0.3, -0.25) is 15.4 Å². The van der Waals surface area contributed by atoms with Crippen molar-refractivity contribution in [3.63, 3.8) is 0 Å². The number of rotatable bonds is 3. The molecule has 1 saturated heterocycles. The van der Waals surface area contributed by atoms with Gasteiger partial charge in [-0.15, -0.1) is 5.06 Å². The van der Waals surface area contributed by atoms with Gasteiger partial charge in [-0.25, -0.2) is 10.2 Å². The second-order valence-electron chi connectivity index (χ2n) is 2.43. The van der Waals surface area contributed by atoms with Crippen LogP contribution in [0.15, 0.2) is 0 Å². The van der Waals surface area contributed by atoms with Gasteiger partial charge in [0.1, 0.15) is 6.54 Å². The molecule has 0 aromatic rings. The largest absolute Gasteiger partial charge is 0.348 e. The lowest BCUT2D eigenvalue weighted by atomic mass is 10.4. The Labute approximate surface area is 73.7 Å². The molecule has 13 heavy (non-hydrogen) atoms. The van der Waals surface area contributed by atoms with Crippen molar-refractivity contribution >= 4 is 17.8 Å². The molecule has 0 aliphatic carbocycles. The van der Waals surface area contributed by atoms with Crippen molar-refractivity contribution in [2.75, 3.05) is 6.54 Å². The first-order valence-electron chi connectivity index (χ1n) is 3.65. The van der Waals surface area contributed by atoms with Crippen LogP contribution in [-0.4, -0.2) is 29.4 Å². The zero-order valence-corrected chi connectivity index (χ0v) is 6.78. The van der Waals surface area contributed by atoms with E-state index in [4.69, 9.17) is 5.84 Å². The Balaban J connectivity index is 2.48. The van der Waals surface area contributed by atoms with Crippen LogP contribution in [0.4, 0.5) is 0 Å². The maximum absolute atomic E-state index is 10.9. The minimum atomic E-state index is -0.772. The van der Waals surface area contributed by atoms with E-state index in [1.807, 2.05) is 5.43 Å². The van der Waals surface area contributed by atoms with Gasteiger partial charge in [-0.05, 0) is 0 Å². The summed E-state index contributed by atoms with van der Waals surface area (Å²) in [5.74, 6) is 3.05. The highest BCUT2D eigenvalue weighted by Crippen LogP contribution is 2.11. The molecule has 1 heterocycles. The standard InChI is InChI=1S/C6H9N3O4/c7-8-3-6(12)13-9-4(10)1-2-5(9)11/h8H,1-3,7H2. The molecule has 0 saturated carbocycles. The number of nitrogens with zero attached hydrogens (tertiary/aromatic N) is 1. The first kappa shape index (κ1) is 9.62. The number of carbonyl (C=O) groups excluding carboxylic acids is 3. The second-order valence-corrected chi connectivity index (χ2v) is 2.43. The molecule has 0 aromatic carbocycles. The van der Waals surface area contributed by atoms with Crippen LogP contribution in [0, 0.1) is 0 Å². The predicted molar refractivity (Wildman–Crippen MR) is 39.4 cm³/mol. The molecule has 0 unspecified atom stereocenters. The SMILES string of the molecule is NNCC(=O)ON1C(=O)CCC1=O. The van der Waals surface area contributed by atoms with Gasteiger partial charge < -0.3 is 4.84 Å². The molecule has 0 atom stereocenters. The molecule has 1 aliphatic heterocycles. The van der Waals surface area contributed by atoms with Crippen LogP contribution in [0.5, 0.6) is 0 Å². The van der Waals surface area contributed by atoms with Crippen molar-refractivity contribution in [2.45, 2.75) is 12.8 Å². The van der Waals surface area contributed by atoms with Gasteiger partial charge >= 0.3 is 5.97 Å². The van der Waals surface area contributed by atoms with Gasteiger partial charge in [-0.2, -0.15) is 0 Å². The van der Waals surface area contributed by atoms with Crippen molar-refractivity contribution in [2.24, 2.45) is 5.84 Å². The summed E-state index contributed by atoms with van der Waals surface area (Å²) in [6.07, 6.45) is 0.171. The highest BCUT2D eigenvalue weighted by Gasteiger charge is 2.32. The van der Waals surface area contributed by atoms with Gasteiger partial charge in [0.15, 0.2) is 0 Å². The quantitative estimate of drug-likeness (QED) is 0.302. The molecule has 72 valence electrons. The summed E-state index contributed by atoms with van der Waals surface area (Å²) < 4.78 is 0. The van der Waals surface area contributed by atoms with E-state index < -0.39 is 17.8 Å². The zero-order valence-electron chi connectivity index (χ0n) is 6.78. The van der Waals surface area contributed by atoms with Crippen molar-refractivity contribution in [3.05, 3.63) is 0 Å². The van der Waals surface area contributed by atoms with Crippen molar-refractivity contribution in [1.82, 2.24) is 10.5 Å². The number of nitrogens with two attached hydrogens (primary N) is 1. The normalized spacial score (nSPS) is 16.5. The average Bonchev–Trinajstić information content (AvgIpc) is 2.36. The van der Waals surface area contributed by atoms with E-state index in [2.05, 4.69) is 4.84 Å². The summed E-state index contributed by atoms with van der Waals surface area (Å²) in [7, 11) is 0. The monoisotopic (exact) mass is 187 g/mol. The van der Waals surface area contributed by atoms with Crippen LogP contribution in [0.3, 0.4) is 0 Å².